The number of nitriles is 1. The second-order valence-electron chi connectivity index (χ2n) is 3.96. The first-order chi connectivity index (χ1) is 7.60. The molecule has 0 aromatic heterocycles. The topological polar surface area (TPSA) is 40.9 Å². The van der Waals surface area contributed by atoms with E-state index in [9.17, 15) is 4.21 Å². The van der Waals surface area contributed by atoms with Crippen LogP contribution in [0.25, 0.3) is 0 Å². The molecule has 0 heterocycles. The van der Waals surface area contributed by atoms with Gasteiger partial charge in [0.25, 0.3) is 0 Å². The minimum Gasteiger partial charge on any atom is -0.254 e. The van der Waals surface area contributed by atoms with Gasteiger partial charge in [-0.1, -0.05) is 24.6 Å². The number of rotatable bonds is 4. The first-order valence-electron chi connectivity index (χ1n) is 5.45. The quantitative estimate of drug-likeness (QED) is 0.804. The van der Waals surface area contributed by atoms with Crippen molar-refractivity contribution in [3.05, 3.63) is 29.3 Å². The molecule has 0 aliphatic heterocycles. The predicted octanol–water partition coefficient (Wildman–Crippen LogP) is 3.10. The zero-order valence-corrected chi connectivity index (χ0v) is 10.8. The van der Waals surface area contributed by atoms with Crippen molar-refractivity contribution in [1.82, 2.24) is 0 Å². The Hall–Kier alpha value is -1.14. The maximum Gasteiger partial charge on any atom is 0.0634 e. The molecule has 0 amide bonds. The maximum absolute atomic E-state index is 12.3. The standard InChI is InChI=1S/C13H17NOS/c1-4-12(7-8-14)16(15)13-6-5-10(2)9-11(13)3/h5-6,9,12H,4,7H2,1-3H3. The Bertz CT molecular complexity index is 434. The molecule has 2 atom stereocenters. The molecule has 1 aromatic carbocycles. The predicted molar refractivity (Wildman–Crippen MR) is 66.6 cm³/mol. The molecule has 0 aliphatic carbocycles. The fraction of sp³-hybridized carbons (Fsp3) is 0.462. The van der Waals surface area contributed by atoms with Crippen LogP contribution in [0.4, 0.5) is 0 Å². The molecule has 0 saturated carbocycles. The van der Waals surface area contributed by atoms with Gasteiger partial charge < -0.3 is 0 Å². The van der Waals surface area contributed by atoms with Gasteiger partial charge in [-0.05, 0) is 31.9 Å². The molecule has 0 aliphatic rings. The summed E-state index contributed by atoms with van der Waals surface area (Å²) in [6, 6.07) is 8.03. The van der Waals surface area contributed by atoms with E-state index in [-0.39, 0.29) is 5.25 Å². The van der Waals surface area contributed by atoms with Crippen molar-refractivity contribution in [3.8, 4) is 6.07 Å². The third-order valence-electron chi connectivity index (χ3n) is 2.62. The molecule has 0 spiro atoms. The minimum absolute atomic E-state index is 0.0496. The van der Waals surface area contributed by atoms with Gasteiger partial charge in [-0.15, -0.1) is 0 Å². The molecule has 0 N–H and O–H groups in total. The monoisotopic (exact) mass is 235 g/mol. The first kappa shape index (κ1) is 12.9. The summed E-state index contributed by atoms with van der Waals surface area (Å²) >= 11 is 0. The SMILES string of the molecule is CCC(CC#N)S(=O)c1ccc(C)cc1C. The van der Waals surface area contributed by atoms with Gasteiger partial charge in [0.1, 0.15) is 0 Å². The van der Waals surface area contributed by atoms with Crippen LogP contribution in [0.1, 0.15) is 30.9 Å². The maximum atomic E-state index is 12.3. The van der Waals surface area contributed by atoms with Gasteiger partial charge in [0.2, 0.25) is 0 Å². The van der Waals surface area contributed by atoms with E-state index >= 15 is 0 Å². The number of benzene rings is 1. The third kappa shape index (κ3) is 2.93. The van der Waals surface area contributed by atoms with Crippen molar-refractivity contribution in [3.63, 3.8) is 0 Å². The highest BCUT2D eigenvalue weighted by Crippen LogP contribution is 2.20. The molecule has 0 saturated heterocycles. The Balaban J connectivity index is 3.00. The summed E-state index contributed by atoms with van der Waals surface area (Å²) in [6.07, 6.45) is 1.13. The Morgan fingerprint density at radius 1 is 1.44 bits per heavy atom. The average Bonchev–Trinajstić information content (AvgIpc) is 2.25. The lowest BCUT2D eigenvalue weighted by Gasteiger charge is -2.13. The highest BCUT2D eigenvalue weighted by atomic mass is 32.2. The van der Waals surface area contributed by atoms with Crippen LogP contribution in [0.2, 0.25) is 0 Å². The molecular weight excluding hydrogens is 218 g/mol. The van der Waals surface area contributed by atoms with Gasteiger partial charge in [-0.25, -0.2) is 0 Å². The second kappa shape index (κ2) is 5.81. The van der Waals surface area contributed by atoms with Gasteiger partial charge >= 0.3 is 0 Å². The van der Waals surface area contributed by atoms with E-state index < -0.39 is 10.8 Å². The van der Waals surface area contributed by atoms with Crippen molar-refractivity contribution >= 4 is 10.8 Å². The van der Waals surface area contributed by atoms with Crippen LogP contribution in [0.5, 0.6) is 0 Å². The number of hydrogen-bond acceptors (Lipinski definition) is 2. The van der Waals surface area contributed by atoms with Crippen LogP contribution in [0.3, 0.4) is 0 Å². The first-order valence-corrected chi connectivity index (χ1v) is 6.66. The van der Waals surface area contributed by atoms with E-state index in [0.717, 1.165) is 16.9 Å². The van der Waals surface area contributed by atoms with E-state index in [0.29, 0.717) is 6.42 Å². The molecule has 1 aromatic rings. The summed E-state index contributed by atoms with van der Waals surface area (Å²) in [5.74, 6) is 0. The molecule has 16 heavy (non-hydrogen) atoms. The Kier molecular flexibility index (Phi) is 4.70. The summed E-state index contributed by atoms with van der Waals surface area (Å²) in [5, 5.41) is 8.64. The third-order valence-corrected chi connectivity index (χ3v) is 4.62. The summed E-state index contributed by atoms with van der Waals surface area (Å²) in [7, 11) is -1.06. The Labute approximate surface area is 99.8 Å². The minimum atomic E-state index is -1.06. The summed E-state index contributed by atoms with van der Waals surface area (Å²) in [4.78, 5) is 0.868. The van der Waals surface area contributed by atoms with E-state index in [1.165, 1.54) is 5.56 Å². The zero-order chi connectivity index (χ0) is 12.1. The lowest BCUT2D eigenvalue weighted by Crippen LogP contribution is -2.14. The number of nitrogens with zero attached hydrogens (tertiary/aromatic N) is 1. The lowest BCUT2D eigenvalue weighted by atomic mass is 10.2. The van der Waals surface area contributed by atoms with Crippen LogP contribution in [0, 0.1) is 25.2 Å². The van der Waals surface area contributed by atoms with Crippen LogP contribution >= 0.6 is 0 Å². The van der Waals surface area contributed by atoms with E-state index in [1.54, 1.807) is 0 Å². The molecule has 0 bridgehead atoms. The van der Waals surface area contributed by atoms with Crippen LogP contribution in [-0.2, 0) is 10.8 Å². The van der Waals surface area contributed by atoms with Gasteiger partial charge in [-0.2, -0.15) is 5.26 Å². The summed E-state index contributed by atoms with van der Waals surface area (Å²) < 4.78 is 12.3. The van der Waals surface area contributed by atoms with Crippen molar-refractivity contribution in [2.45, 2.75) is 43.8 Å². The van der Waals surface area contributed by atoms with Crippen molar-refractivity contribution < 1.29 is 4.21 Å². The fourth-order valence-corrected chi connectivity index (χ4v) is 3.14. The van der Waals surface area contributed by atoms with E-state index in [4.69, 9.17) is 5.26 Å². The lowest BCUT2D eigenvalue weighted by molar-refractivity contribution is 0.664. The van der Waals surface area contributed by atoms with Crippen LogP contribution in [-0.4, -0.2) is 9.46 Å². The molecule has 86 valence electrons. The largest absolute Gasteiger partial charge is 0.254 e. The molecular formula is C13H17NOS. The molecule has 0 radical (unpaired) electrons. The van der Waals surface area contributed by atoms with Crippen molar-refractivity contribution in [2.24, 2.45) is 0 Å². The smallest absolute Gasteiger partial charge is 0.0634 e. The van der Waals surface area contributed by atoms with Crippen molar-refractivity contribution in [2.75, 3.05) is 0 Å². The summed E-state index contributed by atoms with van der Waals surface area (Å²) in [6.45, 7) is 5.97. The molecule has 3 heteroatoms. The fourth-order valence-electron chi connectivity index (χ4n) is 1.68. The van der Waals surface area contributed by atoms with Crippen LogP contribution in [0.15, 0.2) is 23.1 Å². The Morgan fingerprint density at radius 3 is 2.62 bits per heavy atom. The normalized spacial score (nSPS) is 14.1. The molecule has 1 rings (SSSR count). The van der Waals surface area contributed by atoms with Gasteiger partial charge in [-0.3, -0.25) is 4.21 Å². The highest BCUT2D eigenvalue weighted by molar-refractivity contribution is 7.85. The Morgan fingerprint density at radius 2 is 2.12 bits per heavy atom. The van der Waals surface area contributed by atoms with Crippen molar-refractivity contribution in [1.29, 1.82) is 5.26 Å². The van der Waals surface area contributed by atoms with E-state index in [1.807, 2.05) is 39.0 Å². The number of aryl methyl sites for hydroxylation is 2. The average molecular weight is 235 g/mol. The highest BCUT2D eigenvalue weighted by Gasteiger charge is 2.17. The molecule has 0 fully saturated rings. The molecule has 2 unspecified atom stereocenters. The van der Waals surface area contributed by atoms with Gasteiger partial charge in [0.15, 0.2) is 0 Å². The zero-order valence-electron chi connectivity index (χ0n) is 9.99. The van der Waals surface area contributed by atoms with Gasteiger partial charge in [0, 0.05) is 11.3 Å². The van der Waals surface area contributed by atoms with Crippen LogP contribution < -0.4 is 0 Å². The second-order valence-corrected chi connectivity index (χ2v) is 5.66. The van der Waals surface area contributed by atoms with E-state index in [2.05, 4.69) is 6.07 Å². The summed E-state index contributed by atoms with van der Waals surface area (Å²) in [5.41, 5.74) is 2.22. The van der Waals surface area contributed by atoms with Gasteiger partial charge in [0.05, 0.1) is 22.1 Å². The molecule has 2 nitrogen and oxygen atoms in total. The number of hydrogen-bond donors (Lipinski definition) is 0.